The van der Waals surface area contributed by atoms with Crippen LogP contribution in [0.15, 0.2) is 11.6 Å². The summed E-state index contributed by atoms with van der Waals surface area (Å²) in [7, 11) is 0. The third kappa shape index (κ3) is 11.6. The van der Waals surface area contributed by atoms with Crippen molar-refractivity contribution in [2.45, 2.75) is 225 Å². The molecule has 1 saturated heterocycles. The summed E-state index contributed by atoms with van der Waals surface area (Å²) in [4.78, 5) is 54.5. The van der Waals surface area contributed by atoms with Crippen molar-refractivity contribution in [3.05, 3.63) is 11.6 Å². The summed E-state index contributed by atoms with van der Waals surface area (Å²) in [5, 5.41) is 0. The van der Waals surface area contributed by atoms with Gasteiger partial charge in [0.05, 0.1) is 27.8 Å². The van der Waals surface area contributed by atoms with Crippen molar-refractivity contribution in [1.82, 2.24) is 0 Å². The number of rotatable bonds is 12. The zero-order valence-electron chi connectivity index (χ0n) is 42.6. The summed E-state index contributed by atoms with van der Waals surface area (Å²) in [6, 6.07) is 0. The monoisotopic (exact) mass is 885 g/mol. The predicted octanol–water partition coefficient (Wildman–Crippen LogP) is 11.6. The van der Waals surface area contributed by atoms with Crippen molar-refractivity contribution < 1.29 is 47.6 Å². The highest BCUT2D eigenvalue weighted by molar-refractivity contribution is 5.78. The van der Waals surface area contributed by atoms with E-state index in [0.717, 1.165) is 42.9 Å². The smallest absolute Gasteiger partial charge is 0.311 e. The van der Waals surface area contributed by atoms with E-state index in [1.165, 1.54) is 50.5 Å². The summed E-state index contributed by atoms with van der Waals surface area (Å²) < 4.78 is 38.2. The Balaban J connectivity index is 1.44. The maximum atomic E-state index is 13.8. The molecule has 10 heteroatoms. The van der Waals surface area contributed by atoms with E-state index < -0.39 is 76.2 Å². The molecule has 10 nitrogen and oxygen atoms in total. The van der Waals surface area contributed by atoms with Crippen molar-refractivity contribution in [3.63, 3.8) is 0 Å². The van der Waals surface area contributed by atoms with Gasteiger partial charge in [0.15, 0.2) is 24.6 Å². The standard InChI is InChI=1S/C53H88O10/c1-31(2)19-18-20-32(3)36-23-24-37-35-22-21-33-29-34(25-27-52(33,16)38(35)26-28-53(36,37)17)59-43-42(63-47(57)51(13,14)15)41(62-46(56)50(10,11)12)40(61-45(55)49(7,8)9)39(60-43)30-58-44(54)48(4,5)6/h21,31-32,34-43H,18-20,22-30H2,1-17H3/t32-,34+,35+,36-,37+,38+,39-,40-,41+,42-,43-,52+,53-/m1/s1. The Morgan fingerprint density at radius 1 is 0.683 bits per heavy atom. The molecule has 4 aliphatic carbocycles. The van der Waals surface area contributed by atoms with Crippen LogP contribution in [0.3, 0.4) is 0 Å². The number of esters is 4. The number of allylic oxidation sites excluding steroid dienone is 1. The van der Waals surface area contributed by atoms with Gasteiger partial charge in [-0.05, 0) is 181 Å². The first-order valence-electron chi connectivity index (χ1n) is 24.7. The Bertz CT molecular complexity index is 1670. The molecule has 1 heterocycles. The molecule has 0 bridgehead atoms. The molecule has 0 N–H and O–H groups in total. The topological polar surface area (TPSA) is 124 Å². The Kier molecular flexibility index (Phi) is 15.6. The van der Waals surface area contributed by atoms with E-state index in [-0.39, 0.29) is 18.1 Å². The van der Waals surface area contributed by atoms with Crippen LogP contribution in [0.5, 0.6) is 0 Å². The molecule has 4 fully saturated rings. The molecular formula is C53H88O10. The molecule has 3 saturated carbocycles. The van der Waals surface area contributed by atoms with Crippen molar-refractivity contribution in [1.29, 1.82) is 0 Å². The highest BCUT2D eigenvalue weighted by Gasteiger charge is 2.60. The molecule has 0 aromatic rings. The van der Waals surface area contributed by atoms with Crippen molar-refractivity contribution in [3.8, 4) is 0 Å². The van der Waals surface area contributed by atoms with Crippen molar-refractivity contribution in [2.24, 2.45) is 68.0 Å². The van der Waals surface area contributed by atoms with Crippen LogP contribution in [0.4, 0.5) is 0 Å². The number of carbonyl (C=O) groups is 4. The van der Waals surface area contributed by atoms with Gasteiger partial charge in [0.1, 0.15) is 12.7 Å². The summed E-state index contributed by atoms with van der Waals surface area (Å²) in [6.45, 7) is 32.9. The van der Waals surface area contributed by atoms with Crippen LogP contribution in [0.1, 0.15) is 188 Å². The van der Waals surface area contributed by atoms with Crippen LogP contribution < -0.4 is 0 Å². The number of ether oxygens (including phenoxy) is 6. The zero-order chi connectivity index (χ0) is 47.2. The zero-order valence-corrected chi connectivity index (χ0v) is 42.6. The minimum Gasteiger partial charge on any atom is -0.462 e. The second kappa shape index (κ2) is 19.0. The molecular weight excluding hydrogens is 797 g/mol. The maximum Gasteiger partial charge on any atom is 0.311 e. The van der Waals surface area contributed by atoms with Gasteiger partial charge in [-0.2, -0.15) is 0 Å². The van der Waals surface area contributed by atoms with E-state index in [0.29, 0.717) is 23.7 Å². The SMILES string of the molecule is CC(C)CCC[C@@H](C)[C@H]1CC[C@H]2[C@@H]3CC=C4C[C@@H](O[C@@H]5O[C@H](COC(=O)C(C)(C)C)[C@@H](OC(=O)C(C)(C)C)[C@H](OC(=O)C(C)(C)C)[C@H]5OC(=O)C(C)(C)C)CC[C@]4(C)[C@H]3CC[C@]12C. The number of hydrogen-bond acceptors (Lipinski definition) is 10. The lowest BCUT2D eigenvalue weighted by molar-refractivity contribution is -0.322. The summed E-state index contributed by atoms with van der Waals surface area (Å²) in [5.41, 5.74) is -1.76. The first kappa shape index (κ1) is 51.5. The molecule has 360 valence electrons. The molecule has 0 radical (unpaired) electrons. The first-order valence-corrected chi connectivity index (χ1v) is 24.7. The minimum atomic E-state index is -1.33. The van der Waals surface area contributed by atoms with Gasteiger partial charge in [-0.1, -0.05) is 65.5 Å². The Morgan fingerprint density at radius 2 is 1.24 bits per heavy atom. The van der Waals surface area contributed by atoms with Gasteiger partial charge in [0, 0.05) is 0 Å². The maximum absolute atomic E-state index is 13.8. The Labute approximate surface area is 381 Å². The third-order valence-electron chi connectivity index (χ3n) is 15.7. The molecule has 0 unspecified atom stereocenters. The van der Waals surface area contributed by atoms with E-state index in [2.05, 4.69) is 40.7 Å². The molecule has 5 rings (SSSR count). The quantitative estimate of drug-likeness (QED) is 0.106. The van der Waals surface area contributed by atoms with Gasteiger partial charge in [-0.3, -0.25) is 19.2 Å². The lowest BCUT2D eigenvalue weighted by Crippen LogP contribution is -2.64. The number of carbonyl (C=O) groups excluding carboxylic acids is 4. The van der Waals surface area contributed by atoms with Crippen molar-refractivity contribution >= 4 is 23.9 Å². The largest absolute Gasteiger partial charge is 0.462 e. The van der Waals surface area contributed by atoms with Gasteiger partial charge in [0.25, 0.3) is 0 Å². The number of hydrogen-bond donors (Lipinski definition) is 0. The van der Waals surface area contributed by atoms with Gasteiger partial charge >= 0.3 is 23.9 Å². The lowest BCUT2D eigenvalue weighted by Gasteiger charge is -2.58. The molecule has 5 aliphatic rings. The van der Waals surface area contributed by atoms with E-state index in [4.69, 9.17) is 28.4 Å². The van der Waals surface area contributed by atoms with Crippen LogP contribution in [0.25, 0.3) is 0 Å². The second-order valence-electron chi connectivity index (χ2n) is 25.5. The average molecular weight is 885 g/mol. The Morgan fingerprint density at radius 3 is 1.79 bits per heavy atom. The van der Waals surface area contributed by atoms with Gasteiger partial charge in [-0.15, -0.1) is 0 Å². The highest BCUT2D eigenvalue weighted by atomic mass is 16.7. The summed E-state index contributed by atoms with van der Waals surface area (Å²) >= 11 is 0. The van der Waals surface area contributed by atoms with Crippen LogP contribution in [0, 0.1) is 68.0 Å². The number of fused-ring (bicyclic) bond motifs is 5. The van der Waals surface area contributed by atoms with Gasteiger partial charge < -0.3 is 28.4 Å². The second-order valence-corrected chi connectivity index (χ2v) is 25.5. The average Bonchev–Trinajstić information content (AvgIpc) is 3.51. The van der Waals surface area contributed by atoms with E-state index in [1.807, 2.05) is 0 Å². The molecule has 0 amide bonds. The fourth-order valence-electron chi connectivity index (χ4n) is 11.8. The predicted molar refractivity (Wildman–Crippen MR) is 245 cm³/mol. The van der Waals surface area contributed by atoms with Crippen LogP contribution >= 0.6 is 0 Å². The molecule has 0 aromatic heterocycles. The molecule has 13 atom stereocenters. The van der Waals surface area contributed by atoms with E-state index in [1.54, 1.807) is 83.1 Å². The molecule has 0 spiro atoms. The Hall–Kier alpha value is -2.46. The minimum absolute atomic E-state index is 0.0668. The van der Waals surface area contributed by atoms with E-state index >= 15 is 0 Å². The lowest BCUT2D eigenvalue weighted by atomic mass is 9.47. The van der Waals surface area contributed by atoms with Crippen molar-refractivity contribution in [2.75, 3.05) is 6.61 Å². The van der Waals surface area contributed by atoms with Crippen LogP contribution in [0.2, 0.25) is 0 Å². The van der Waals surface area contributed by atoms with Crippen LogP contribution in [-0.2, 0) is 47.6 Å². The summed E-state index contributed by atoms with van der Waals surface area (Å²) in [6.07, 6.45) is 8.77. The first-order chi connectivity index (χ1) is 28.9. The van der Waals surface area contributed by atoms with Gasteiger partial charge in [0.2, 0.25) is 0 Å². The van der Waals surface area contributed by atoms with Gasteiger partial charge in [-0.25, -0.2) is 0 Å². The van der Waals surface area contributed by atoms with Crippen LogP contribution in [-0.4, -0.2) is 67.3 Å². The highest BCUT2D eigenvalue weighted by Crippen LogP contribution is 2.67. The summed E-state index contributed by atoms with van der Waals surface area (Å²) in [5.74, 6) is 2.21. The fourth-order valence-corrected chi connectivity index (χ4v) is 11.8. The third-order valence-corrected chi connectivity index (χ3v) is 15.7. The normalized spacial score (nSPS) is 35.4. The van der Waals surface area contributed by atoms with E-state index in [9.17, 15) is 19.2 Å². The molecule has 1 aliphatic heterocycles. The molecule has 0 aromatic carbocycles. The molecule has 63 heavy (non-hydrogen) atoms. The fraction of sp³-hybridized carbons (Fsp3) is 0.887.